The van der Waals surface area contributed by atoms with Crippen LogP contribution in [-0.4, -0.2) is 73.4 Å². The molecule has 8 rings (SSSR count). The van der Waals surface area contributed by atoms with Crippen LogP contribution in [0.2, 0.25) is 0 Å². The minimum atomic E-state index is -0.248. The summed E-state index contributed by atoms with van der Waals surface area (Å²) >= 11 is 0. The van der Waals surface area contributed by atoms with E-state index in [2.05, 4.69) is 44.0 Å². The standard InChI is InChI=1S/C37H42FN7O3/c1-25-7-8-28(31(38)18-25)23-48-37-6-2-5-32(40-37)26-11-14-43(15-12-26)22-36-39-33-19-27(9-10-35(33)44(36)20-30-13-17-47-30)34-21-45(42-41-34)29-4-3-16-46-24-29/h2,5-10,18-19,21,26,29-30H,3-4,11-17,20,22-24H2,1H3. The molecule has 2 atom stereocenters. The van der Waals surface area contributed by atoms with E-state index in [9.17, 15) is 4.39 Å². The normalized spacial score (nSPS) is 20.6. The number of ether oxygens (including phenoxy) is 3. The van der Waals surface area contributed by atoms with Crippen LogP contribution < -0.4 is 4.74 Å². The largest absolute Gasteiger partial charge is 0.473 e. The van der Waals surface area contributed by atoms with E-state index in [-0.39, 0.29) is 24.6 Å². The van der Waals surface area contributed by atoms with Gasteiger partial charge in [-0.1, -0.05) is 29.5 Å². The number of hydrogen-bond donors (Lipinski definition) is 0. The molecule has 3 saturated heterocycles. The van der Waals surface area contributed by atoms with E-state index in [0.717, 1.165) is 111 Å². The molecule has 3 fully saturated rings. The average molecular weight is 652 g/mol. The summed E-state index contributed by atoms with van der Waals surface area (Å²) < 4.78 is 36.0. The lowest BCUT2D eigenvalue weighted by Crippen LogP contribution is -2.35. The van der Waals surface area contributed by atoms with Gasteiger partial charge in [0, 0.05) is 42.0 Å². The number of piperidine rings is 1. The fraction of sp³-hybridized carbons (Fsp3) is 0.459. The zero-order valence-electron chi connectivity index (χ0n) is 27.4. The van der Waals surface area contributed by atoms with Gasteiger partial charge in [0.15, 0.2) is 0 Å². The van der Waals surface area contributed by atoms with Crippen molar-refractivity contribution in [3.8, 4) is 17.1 Å². The predicted octanol–water partition coefficient (Wildman–Crippen LogP) is 6.24. The summed E-state index contributed by atoms with van der Waals surface area (Å²) in [6.07, 6.45) is 7.45. The van der Waals surface area contributed by atoms with E-state index < -0.39 is 0 Å². The Balaban J connectivity index is 0.941. The second-order valence-corrected chi connectivity index (χ2v) is 13.4. The van der Waals surface area contributed by atoms with Crippen LogP contribution in [0.5, 0.6) is 5.88 Å². The number of benzene rings is 2. The van der Waals surface area contributed by atoms with E-state index in [1.54, 1.807) is 6.07 Å². The highest BCUT2D eigenvalue weighted by atomic mass is 19.1. The summed E-state index contributed by atoms with van der Waals surface area (Å²) in [6, 6.07) is 17.8. The lowest BCUT2D eigenvalue weighted by Gasteiger charge is -2.32. The van der Waals surface area contributed by atoms with Gasteiger partial charge < -0.3 is 18.8 Å². The molecular formula is C37H42FN7O3. The Morgan fingerprint density at radius 2 is 1.88 bits per heavy atom. The van der Waals surface area contributed by atoms with E-state index >= 15 is 0 Å². The second kappa shape index (κ2) is 13.7. The quantitative estimate of drug-likeness (QED) is 0.175. The monoisotopic (exact) mass is 651 g/mol. The molecule has 2 aromatic carbocycles. The summed E-state index contributed by atoms with van der Waals surface area (Å²) in [4.78, 5) is 12.5. The van der Waals surface area contributed by atoms with Gasteiger partial charge in [0.2, 0.25) is 5.88 Å². The third-order valence-electron chi connectivity index (χ3n) is 10.0. The molecular weight excluding hydrogens is 609 g/mol. The first-order chi connectivity index (χ1) is 23.6. The molecule has 250 valence electrons. The maximum Gasteiger partial charge on any atom is 0.213 e. The first kappa shape index (κ1) is 31.1. The van der Waals surface area contributed by atoms with Gasteiger partial charge in [-0.25, -0.2) is 19.0 Å². The molecule has 0 amide bonds. The minimum Gasteiger partial charge on any atom is -0.473 e. The lowest BCUT2D eigenvalue weighted by atomic mass is 9.93. The Labute approximate surface area is 279 Å². The molecule has 0 aliphatic carbocycles. The molecule has 10 nitrogen and oxygen atoms in total. The van der Waals surface area contributed by atoms with Gasteiger partial charge in [-0.2, -0.15) is 0 Å². The second-order valence-electron chi connectivity index (χ2n) is 13.4. The van der Waals surface area contributed by atoms with Crippen LogP contribution in [0, 0.1) is 12.7 Å². The summed E-state index contributed by atoms with van der Waals surface area (Å²) in [5.74, 6) is 1.70. The summed E-state index contributed by atoms with van der Waals surface area (Å²) in [6.45, 7) is 7.87. The first-order valence-corrected chi connectivity index (χ1v) is 17.2. The Kier molecular flexibility index (Phi) is 8.90. The number of aromatic nitrogens is 6. The van der Waals surface area contributed by atoms with Crippen molar-refractivity contribution in [1.29, 1.82) is 0 Å². The Morgan fingerprint density at radius 1 is 0.979 bits per heavy atom. The SMILES string of the molecule is Cc1ccc(COc2cccc(C3CCN(Cc4nc5cc(-c6cn(C7CCCOC7)nn6)ccc5n4CC4CCO4)CC3)n2)c(F)c1. The molecule has 3 aromatic heterocycles. The number of likely N-dealkylation sites (tertiary alicyclic amines) is 1. The van der Waals surface area contributed by atoms with Crippen molar-refractivity contribution in [1.82, 2.24) is 34.4 Å². The number of aryl methyl sites for hydroxylation is 1. The third kappa shape index (κ3) is 6.72. The van der Waals surface area contributed by atoms with Gasteiger partial charge >= 0.3 is 0 Å². The molecule has 0 radical (unpaired) electrons. The van der Waals surface area contributed by atoms with E-state index in [0.29, 0.717) is 24.0 Å². The molecule has 0 bridgehead atoms. The number of imidazole rings is 1. The van der Waals surface area contributed by atoms with E-state index in [1.807, 2.05) is 36.0 Å². The van der Waals surface area contributed by atoms with Crippen molar-refractivity contribution in [2.45, 2.75) is 76.8 Å². The van der Waals surface area contributed by atoms with E-state index in [4.69, 9.17) is 24.2 Å². The third-order valence-corrected chi connectivity index (χ3v) is 10.0. The number of rotatable bonds is 10. The molecule has 0 spiro atoms. The number of nitrogens with zero attached hydrogens (tertiary/aromatic N) is 7. The van der Waals surface area contributed by atoms with Crippen LogP contribution in [0.3, 0.4) is 0 Å². The number of halogens is 1. The van der Waals surface area contributed by atoms with Crippen LogP contribution >= 0.6 is 0 Å². The molecule has 2 unspecified atom stereocenters. The van der Waals surface area contributed by atoms with Crippen molar-refractivity contribution < 1.29 is 18.6 Å². The number of hydrogen-bond acceptors (Lipinski definition) is 8. The Morgan fingerprint density at radius 3 is 2.67 bits per heavy atom. The topological polar surface area (TPSA) is 92.3 Å². The summed E-state index contributed by atoms with van der Waals surface area (Å²) in [5, 5.41) is 8.92. The van der Waals surface area contributed by atoms with Gasteiger partial charge in [-0.15, -0.1) is 5.10 Å². The molecule has 11 heteroatoms. The highest BCUT2D eigenvalue weighted by Gasteiger charge is 2.26. The van der Waals surface area contributed by atoms with Crippen molar-refractivity contribution in [3.05, 3.63) is 89.3 Å². The molecule has 3 aliphatic heterocycles. The van der Waals surface area contributed by atoms with Crippen LogP contribution in [0.4, 0.5) is 4.39 Å². The number of fused-ring (bicyclic) bond motifs is 1. The molecule has 48 heavy (non-hydrogen) atoms. The van der Waals surface area contributed by atoms with Crippen LogP contribution in [0.15, 0.2) is 60.8 Å². The van der Waals surface area contributed by atoms with Gasteiger partial charge in [0.1, 0.15) is 23.9 Å². The fourth-order valence-electron chi connectivity index (χ4n) is 7.06. The van der Waals surface area contributed by atoms with Crippen molar-refractivity contribution in [2.75, 3.05) is 32.9 Å². The summed E-state index contributed by atoms with van der Waals surface area (Å²) in [5.41, 5.74) is 6.43. The molecule has 0 N–H and O–H groups in total. The van der Waals surface area contributed by atoms with Gasteiger partial charge in [-0.05, 0) is 81.9 Å². The van der Waals surface area contributed by atoms with Crippen LogP contribution in [0.25, 0.3) is 22.3 Å². The van der Waals surface area contributed by atoms with Crippen molar-refractivity contribution in [2.24, 2.45) is 0 Å². The maximum absolute atomic E-state index is 14.3. The zero-order chi connectivity index (χ0) is 32.5. The van der Waals surface area contributed by atoms with Crippen LogP contribution in [-0.2, 0) is 29.2 Å². The highest BCUT2D eigenvalue weighted by Crippen LogP contribution is 2.31. The van der Waals surface area contributed by atoms with Crippen LogP contribution in [0.1, 0.15) is 66.7 Å². The highest BCUT2D eigenvalue weighted by molar-refractivity contribution is 5.81. The lowest BCUT2D eigenvalue weighted by molar-refractivity contribution is -0.0592. The molecule has 5 aromatic rings. The molecule has 6 heterocycles. The summed E-state index contributed by atoms with van der Waals surface area (Å²) in [7, 11) is 0. The predicted molar refractivity (Wildman–Crippen MR) is 179 cm³/mol. The van der Waals surface area contributed by atoms with Gasteiger partial charge in [0.25, 0.3) is 0 Å². The smallest absolute Gasteiger partial charge is 0.213 e. The molecule has 0 saturated carbocycles. The van der Waals surface area contributed by atoms with Crippen molar-refractivity contribution >= 4 is 11.0 Å². The Bertz CT molecular complexity index is 1870. The minimum absolute atomic E-state index is 0.158. The van der Waals surface area contributed by atoms with Gasteiger partial charge in [-0.3, -0.25) is 4.90 Å². The zero-order valence-corrected chi connectivity index (χ0v) is 27.4. The molecule has 3 aliphatic rings. The van der Waals surface area contributed by atoms with Gasteiger partial charge in [0.05, 0.1) is 49.1 Å². The number of pyridine rings is 1. The van der Waals surface area contributed by atoms with Crippen molar-refractivity contribution in [3.63, 3.8) is 0 Å². The maximum atomic E-state index is 14.3. The first-order valence-electron chi connectivity index (χ1n) is 17.2. The average Bonchev–Trinajstić information content (AvgIpc) is 3.72. The Hall–Kier alpha value is -4.19. The fourth-order valence-corrected chi connectivity index (χ4v) is 7.06. The van der Waals surface area contributed by atoms with E-state index in [1.165, 1.54) is 6.07 Å².